The summed E-state index contributed by atoms with van der Waals surface area (Å²) >= 11 is 6.66. The molecule has 1 heterocycles. The van der Waals surface area contributed by atoms with Crippen LogP contribution in [0.25, 0.3) is 0 Å². The first-order valence-electron chi connectivity index (χ1n) is 5.67. The lowest BCUT2D eigenvalue weighted by Crippen LogP contribution is -2.20. The topological polar surface area (TPSA) is 91.3 Å². The lowest BCUT2D eigenvalue weighted by atomic mass is 10.2. The van der Waals surface area contributed by atoms with Crippen molar-refractivity contribution in [3.05, 3.63) is 51.2 Å². The minimum absolute atomic E-state index is 0.00475. The van der Waals surface area contributed by atoms with Gasteiger partial charge in [0.25, 0.3) is 0 Å². The van der Waals surface area contributed by atoms with E-state index in [2.05, 4.69) is 47.5 Å². The molecule has 0 saturated heterocycles. The molecule has 8 heteroatoms. The summed E-state index contributed by atoms with van der Waals surface area (Å²) in [6.45, 7) is 0. The van der Waals surface area contributed by atoms with Gasteiger partial charge in [-0.1, -0.05) is 6.07 Å². The summed E-state index contributed by atoms with van der Waals surface area (Å²) in [5.74, 6) is -1.11. The minimum Gasteiger partial charge on any atom is -0.478 e. The number of anilines is 2. The van der Waals surface area contributed by atoms with Crippen LogP contribution in [-0.4, -0.2) is 22.1 Å². The molecule has 0 aliphatic carbocycles. The molecule has 0 fully saturated rings. The number of aromatic nitrogens is 1. The van der Waals surface area contributed by atoms with Crippen LogP contribution in [0.15, 0.2) is 45.6 Å². The van der Waals surface area contributed by atoms with Crippen LogP contribution in [0, 0.1) is 0 Å². The Morgan fingerprint density at radius 3 is 2.38 bits per heavy atom. The van der Waals surface area contributed by atoms with E-state index in [4.69, 9.17) is 5.11 Å². The van der Waals surface area contributed by atoms with E-state index < -0.39 is 12.0 Å². The molecular formula is C13H9Br2N3O3. The SMILES string of the molecule is O=C(Nc1cncc(C(=O)O)c1)Nc1c(Br)cccc1Br. The highest BCUT2D eigenvalue weighted by atomic mass is 79.9. The van der Waals surface area contributed by atoms with Gasteiger partial charge in [-0.2, -0.15) is 0 Å². The Balaban J connectivity index is 2.12. The number of nitrogens with zero attached hydrogens (tertiary/aromatic N) is 1. The molecule has 0 bridgehead atoms. The van der Waals surface area contributed by atoms with Gasteiger partial charge >= 0.3 is 12.0 Å². The fourth-order valence-corrected chi connectivity index (χ4v) is 2.72. The number of amides is 2. The molecule has 1 aromatic heterocycles. The van der Waals surface area contributed by atoms with Gasteiger partial charge in [0.1, 0.15) is 0 Å². The van der Waals surface area contributed by atoms with Crippen LogP contribution in [-0.2, 0) is 0 Å². The van der Waals surface area contributed by atoms with E-state index in [0.29, 0.717) is 14.6 Å². The highest BCUT2D eigenvalue weighted by molar-refractivity contribution is 9.11. The number of carbonyl (C=O) groups is 2. The van der Waals surface area contributed by atoms with Gasteiger partial charge in [-0.05, 0) is 50.1 Å². The van der Waals surface area contributed by atoms with Gasteiger partial charge < -0.3 is 15.7 Å². The molecular weight excluding hydrogens is 406 g/mol. The summed E-state index contributed by atoms with van der Waals surface area (Å²) in [6.07, 6.45) is 2.57. The average Bonchev–Trinajstić information content (AvgIpc) is 2.43. The van der Waals surface area contributed by atoms with Crippen molar-refractivity contribution in [2.75, 3.05) is 10.6 Å². The summed E-state index contributed by atoms with van der Waals surface area (Å²) in [4.78, 5) is 26.5. The van der Waals surface area contributed by atoms with Crippen molar-refractivity contribution in [1.29, 1.82) is 0 Å². The van der Waals surface area contributed by atoms with E-state index in [0.717, 1.165) is 0 Å². The Labute approximate surface area is 136 Å². The molecule has 3 N–H and O–H groups in total. The van der Waals surface area contributed by atoms with Gasteiger partial charge in [-0.3, -0.25) is 4.98 Å². The second kappa shape index (κ2) is 6.68. The quantitative estimate of drug-likeness (QED) is 0.709. The van der Waals surface area contributed by atoms with Crippen LogP contribution in [0.3, 0.4) is 0 Å². The number of halogens is 2. The third kappa shape index (κ3) is 4.02. The molecule has 6 nitrogen and oxygen atoms in total. The summed E-state index contributed by atoms with van der Waals surface area (Å²) in [6, 6.07) is 6.20. The molecule has 2 aromatic rings. The first-order chi connectivity index (χ1) is 9.97. The zero-order chi connectivity index (χ0) is 15.4. The number of hydrogen-bond acceptors (Lipinski definition) is 3. The average molecular weight is 415 g/mol. The van der Waals surface area contributed by atoms with Crippen molar-refractivity contribution in [3.63, 3.8) is 0 Å². The van der Waals surface area contributed by atoms with Gasteiger partial charge in [-0.25, -0.2) is 9.59 Å². The Hall–Kier alpha value is -1.93. The maximum absolute atomic E-state index is 11.9. The monoisotopic (exact) mass is 413 g/mol. The molecule has 1 aromatic carbocycles. The third-order valence-electron chi connectivity index (χ3n) is 2.44. The van der Waals surface area contributed by atoms with Crippen molar-refractivity contribution >= 4 is 55.2 Å². The number of para-hydroxylation sites is 1. The number of urea groups is 1. The highest BCUT2D eigenvalue weighted by Crippen LogP contribution is 2.30. The highest BCUT2D eigenvalue weighted by Gasteiger charge is 2.10. The Bertz CT molecular complexity index is 687. The lowest BCUT2D eigenvalue weighted by molar-refractivity contribution is 0.0696. The van der Waals surface area contributed by atoms with E-state index in [1.165, 1.54) is 18.5 Å². The van der Waals surface area contributed by atoms with Crippen LogP contribution in [0.5, 0.6) is 0 Å². The van der Waals surface area contributed by atoms with Crippen molar-refractivity contribution in [2.45, 2.75) is 0 Å². The number of carbonyl (C=O) groups excluding carboxylic acids is 1. The Morgan fingerprint density at radius 2 is 1.76 bits per heavy atom. The number of carboxylic acid groups (broad SMARTS) is 1. The first-order valence-corrected chi connectivity index (χ1v) is 7.26. The van der Waals surface area contributed by atoms with Gasteiger partial charge in [0, 0.05) is 15.1 Å². The molecule has 0 unspecified atom stereocenters. The number of aromatic carboxylic acids is 1. The normalized spacial score (nSPS) is 10.0. The molecule has 0 atom stereocenters. The van der Waals surface area contributed by atoms with Crippen molar-refractivity contribution in [2.24, 2.45) is 0 Å². The summed E-state index contributed by atoms with van der Waals surface area (Å²) in [5, 5.41) is 14.0. The fraction of sp³-hybridized carbons (Fsp3) is 0. The molecule has 0 aliphatic heterocycles. The molecule has 0 radical (unpaired) electrons. The maximum Gasteiger partial charge on any atom is 0.337 e. The molecule has 108 valence electrons. The van der Waals surface area contributed by atoms with Gasteiger partial charge in [-0.15, -0.1) is 0 Å². The van der Waals surface area contributed by atoms with Crippen molar-refractivity contribution in [3.8, 4) is 0 Å². The number of nitrogens with one attached hydrogen (secondary N) is 2. The number of pyridine rings is 1. The number of benzene rings is 1. The van der Waals surface area contributed by atoms with Crippen molar-refractivity contribution < 1.29 is 14.7 Å². The smallest absolute Gasteiger partial charge is 0.337 e. The van der Waals surface area contributed by atoms with Gasteiger partial charge in [0.05, 0.1) is 23.1 Å². The molecule has 0 aliphatic rings. The van der Waals surface area contributed by atoms with Crippen LogP contribution in [0.2, 0.25) is 0 Å². The van der Waals surface area contributed by atoms with E-state index in [9.17, 15) is 9.59 Å². The number of rotatable bonds is 3. The maximum atomic E-state index is 11.9. The second-order valence-corrected chi connectivity index (χ2v) is 5.65. The molecule has 2 rings (SSSR count). The van der Waals surface area contributed by atoms with Gasteiger partial charge in [0.15, 0.2) is 0 Å². The van der Waals surface area contributed by atoms with Crippen LogP contribution < -0.4 is 10.6 Å². The van der Waals surface area contributed by atoms with Crippen LogP contribution >= 0.6 is 31.9 Å². The first kappa shape index (κ1) is 15.5. The number of carboxylic acids is 1. The largest absolute Gasteiger partial charge is 0.478 e. The van der Waals surface area contributed by atoms with Crippen LogP contribution in [0.1, 0.15) is 10.4 Å². The Kier molecular flexibility index (Phi) is 4.92. The lowest BCUT2D eigenvalue weighted by Gasteiger charge is -2.10. The van der Waals surface area contributed by atoms with E-state index >= 15 is 0 Å². The van der Waals surface area contributed by atoms with E-state index in [-0.39, 0.29) is 11.3 Å². The fourth-order valence-electron chi connectivity index (χ4n) is 1.52. The van der Waals surface area contributed by atoms with E-state index in [1.807, 2.05) is 6.07 Å². The zero-order valence-electron chi connectivity index (χ0n) is 10.4. The molecule has 21 heavy (non-hydrogen) atoms. The zero-order valence-corrected chi connectivity index (χ0v) is 13.6. The summed E-state index contributed by atoms with van der Waals surface area (Å²) in [7, 11) is 0. The summed E-state index contributed by atoms with van der Waals surface area (Å²) in [5.41, 5.74) is 0.850. The third-order valence-corrected chi connectivity index (χ3v) is 3.77. The Morgan fingerprint density at radius 1 is 1.10 bits per heavy atom. The molecule has 2 amide bonds. The predicted molar refractivity (Wildman–Crippen MR) is 85.7 cm³/mol. The van der Waals surface area contributed by atoms with Gasteiger partial charge in [0.2, 0.25) is 0 Å². The molecule has 0 spiro atoms. The predicted octanol–water partition coefficient (Wildman–Crippen LogP) is 3.95. The minimum atomic E-state index is -1.11. The number of hydrogen-bond donors (Lipinski definition) is 3. The standard InChI is InChI=1S/C13H9Br2N3O3/c14-9-2-1-3-10(15)11(9)18-13(21)17-8-4-7(12(19)20)5-16-6-8/h1-6H,(H,19,20)(H2,17,18,21). The van der Waals surface area contributed by atoms with Crippen molar-refractivity contribution in [1.82, 2.24) is 4.98 Å². The summed E-state index contributed by atoms with van der Waals surface area (Å²) < 4.78 is 1.42. The second-order valence-electron chi connectivity index (χ2n) is 3.94. The van der Waals surface area contributed by atoms with E-state index in [1.54, 1.807) is 12.1 Å². The molecule has 0 saturated carbocycles. The van der Waals surface area contributed by atoms with Crippen LogP contribution in [0.4, 0.5) is 16.2 Å².